The Balaban J connectivity index is 3.51. The third-order valence-electron chi connectivity index (χ3n) is 1.99. The van der Waals surface area contributed by atoms with Crippen LogP contribution in [0.3, 0.4) is 0 Å². The van der Waals surface area contributed by atoms with Crippen LogP contribution in [-0.4, -0.2) is 16.1 Å². The second-order valence-corrected chi connectivity index (χ2v) is 3.34. The molecule has 0 fully saturated rings. The van der Waals surface area contributed by atoms with E-state index in [1.165, 1.54) is 0 Å². The summed E-state index contributed by atoms with van der Waals surface area (Å²) in [6.45, 7) is 0. The predicted octanol–water partition coefficient (Wildman–Crippen LogP) is 2.25. The number of alkyl halides is 5. The van der Waals surface area contributed by atoms with Crippen molar-refractivity contribution in [2.75, 3.05) is 5.73 Å². The largest absolute Gasteiger partial charge is 0.481 e. The first-order chi connectivity index (χ1) is 8.12. The van der Waals surface area contributed by atoms with E-state index < -0.39 is 47.6 Å². The Morgan fingerprint density at radius 2 is 2.00 bits per heavy atom. The summed E-state index contributed by atoms with van der Waals surface area (Å²) >= 11 is 0. The lowest BCUT2D eigenvalue weighted by Crippen LogP contribution is -2.17. The Morgan fingerprint density at radius 1 is 1.44 bits per heavy atom. The van der Waals surface area contributed by atoms with Crippen LogP contribution in [-0.2, 0) is 17.4 Å². The average molecular weight is 270 g/mol. The second-order valence-electron chi connectivity index (χ2n) is 3.34. The average Bonchev–Trinajstić information content (AvgIpc) is 2.13. The number of nitrogens with two attached hydrogens (primary N) is 1. The molecule has 100 valence electrons. The zero-order valence-electron chi connectivity index (χ0n) is 8.63. The summed E-state index contributed by atoms with van der Waals surface area (Å²) in [5.74, 6) is -2.21. The molecule has 0 amide bonds. The van der Waals surface area contributed by atoms with Gasteiger partial charge in [-0.2, -0.15) is 13.2 Å². The molecule has 0 aliphatic heterocycles. The molecule has 9 heteroatoms. The molecule has 18 heavy (non-hydrogen) atoms. The number of pyridine rings is 1. The topological polar surface area (TPSA) is 76.2 Å². The van der Waals surface area contributed by atoms with E-state index in [2.05, 4.69) is 4.98 Å². The molecular weight excluding hydrogens is 263 g/mol. The van der Waals surface area contributed by atoms with Crippen LogP contribution in [0.2, 0.25) is 0 Å². The first-order valence-corrected chi connectivity index (χ1v) is 4.49. The zero-order valence-corrected chi connectivity index (χ0v) is 8.63. The molecule has 0 bridgehead atoms. The predicted molar refractivity (Wildman–Crippen MR) is 49.9 cm³/mol. The van der Waals surface area contributed by atoms with Gasteiger partial charge in [0.1, 0.15) is 5.82 Å². The van der Waals surface area contributed by atoms with Gasteiger partial charge in [0, 0.05) is 0 Å². The summed E-state index contributed by atoms with van der Waals surface area (Å²) in [6.07, 6.45) is -9.62. The fraction of sp³-hybridized carbons (Fsp3) is 0.333. The summed E-state index contributed by atoms with van der Waals surface area (Å²) in [7, 11) is 0. The monoisotopic (exact) mass is 270 g/mol. The number of aromatic nitrogens is 1. The second kappa shape index (κ2) is 4.75. The van der Waals surface area contributed by atoms with E-state index in [9.17, 15) is 26.7 Å². The molecular formula is C9H7F5N2O2. The number of rotatable bonds is 3. The van der Waals surface area contributed by atoms with Gasteiger partial charge in [-0.05, 0) is 11.6 Å². The van der Waals surface area contributed by atoms with E-state index in [-0.39, 0.29) is 0 Å². The van der Waals surface area contributed by atoms with Crippen LogP contribution in [0.15, 0.2) is 6.07 Å². The van der Waals surface area contributed by atoms with Crippen molar-refractivity contribution in [1.82, 2.24) is 4.98 Å². The Kier molecular flexibility index (Phi) is 3.73. The smallest absolute Gasteiger partial charge is 0.433 e. The molecule has 1 heterocycles. The molecule has 1 aromatic rings. The maximum Gasteiger partial charge on any atom is 0.433 e. The van der Waals surface area contributed by atoms with E-state index in [0.29, 0.717) is 6.07 Å². The van der Waals surface area contributed by atoms with Crippen LogP contribution in [0.1, 0.15) is 23.2 Å². The van der Waals surface area contributed by atoms with Crippen molar-refractivity contribution in [3.05, 3.63) is 22.9 Å². The first kappa shape index (κ1) is 14.1. The van der Waals surface area contributed by atoms with Crippen molar-refractivity contribution in [3.63, 3.8) is 0 Å². The summed E-state index contributed by atoms with van der Waals surface area (Å²) < 4.78 is 62.8. The van der Waals surface area contributed by atoms with Gasteiger partial charge < -0.3 is 10.8 Å². The number of carboxylic acid groups (broad SMARTS) is 1. The number of nitrogens with zero attached hydrogens (tertiary/aromatic N) is 1. The highest BCUT2D eigenvalue weighted by molar-refractivity contribution is 5.71. The number of carbonyl (C=O) groups is 1. The lowest BCUT2D eigenvalue weighted by atomic mass is 10.0. The highest BCUT2D eigenvalue weighted by Gasteiger charge is 2.39. The summed E-state index contributed by atoms with van der Waals surface area (Å²) in [6, 6.07) is 0.699. The summed E-state index contributed by atoms with van der Waals surface area (Å²) in [5.41, 5.74) is 1.06. The highest BCUT2D eigenvalue weighted by atomic mass is 19.4. The molecule has 0 unspecified atom stereocenters. The number of hydrogen-bond acceptors (Lipinski definition) is 3. The van der Waals surface area contributed by atoms with Crippen molar-refractivity contribution in [3.8, 4) is 0 Å². The van der Waals surface area contributed by atoms with Crippen LogP contribution in [0.25, 0.3) is 0 Å². The van der Waals surface area contributed by atoms with Crippen LogP contribution in [0.5, 0.6) is 0 Å². The molecule has 0 aromatic carbocycles. The lowest BCUT2D eigenvalue weighted by molar-refractivity contribution is -0.143. The molecule has 4 nitrogen and oxygen atoms in total. The van der Waals surface area contributed by atoms with E-state index in [1.807, 2.05) is 0 Å². The molecule has 0 aliphatic rings. The Bertz CT molecular complexity index is 473. The fourth-order valence-corrected chi connectivity index (χ4v) is 1.40. The van der Waals surface area contributed by atoms with Gasteiger partial charge in [0.15, 0.2) is 5.69 Å². The lowest BCUT2D eigenvalue weighted by Gasteiger charge is -2.15. The molecule has 0 spiro atoms. The number of nitrogen functional groups attached to an aromatic ring is 1. The molecule has 0 radical (unpaired) electrons. The van der Waals surface area contributed by atoms with Crippen LogP contribution in [0, 0.1) is 0 Å². The molecule has 1 rings (SSSR count). The van der Waals surface area contributed by atoms with Crippen molar-refractivity contribution in [2.45, 2.75) is 19.0 Å². The van der Waals surface area contributed by atoms with Gasteiger partial charge in [0.2, 0.25) is 0 Å². The number of halogens is 5. The van der Waals surface area contributed by atoms with Gasteiger partial charge in [-0.3, -0.25) is 4.79 Å². The number of carboxylic acids is 1. The molecule has 1 aromatic heterocycles. The Labute approximate surface area is 97.2 Å². The SMILES string of the molecule is Nc1cc(CC(=O)O)c(C(F)F)c(C(F)(F)F)n1. The van der Waals surface area contributed by atoms with Crippen molar-refractivity contribution < 1.29 is 31.9 Å². The van der Waals surface area contributed by atoms with Crippen LogP contribution < -0.4 is 5.73 Å². The van der Waals surface area contributed by atoms with Crippen molar-refractivity contribution in [1.29, 1.82) is 0 Å². The van der Waals surface area contributed by atoms with E-state index in [4.69, 9.17) is 10.8 Å². The molecule has 3 N–H and O–H groups in total. The highest BCUT2D eigenvalue weighted by Crippen LogP contribution is 2.37. The van der Waals surface area contributed by atoms with E-state index >= 15 is 0 Å². The van der Waals surface area contributed by atoms with Crippen molar-refractivity contribution in [2.24, 2.45) is 0 Å². The Morgan fingerprint density at radius 3 is 2.39 bits per heavy atom. The first-order valence-electron chi connectivity index (χ1n) is 4.49. The standard InChI is InChI=1S/C9H7F5N2O2/c10-8(11)6-3(2-5(17)18)1-4(15)16-7(6)9(12,13)14/h1,8H,2H2,(H2,15,16)(H,17,18). The van der Waals surface area contributed by atoms with Gasteiger partial charge in [-0.1, -0.05) is 0 Å². The molecule has 0 saturated carbocycles. The number of aliphatic carboxylic acids is 1. The summed E-state index contributed by atoms with van der Waals surface area (Å²) in [4.78, 5) is 13.2. The van der Waals surface area contributed by atoms with Crippen molar-refractivity contribution >= 4 is 11.8 Å². The maximum absolute atomic E-state index is 12.6. The number of hydrogen-bond donors (Lipinski definition) is 2. The van der Waals surface area contributed by atoms with Crippen LogP contribution >= 0.6 is 0 Å². The normalized spacial score (nSPS) is 11.9. The third-order valence-corrected chi connectivity index (χ3v) is 1.99. The minimum atomic E-state index is -5.13. The summed E-state index contributed by atoms with van der Waals surface area (Å²) in [5, 5.41) is 8.47. The van der Waals surface area contributed by atoms with Gasteiger partial charge >= 0.3 is 12.1 Å². The van der Waals surface area contributed by atoms with Gasteiger partial charge in [0.05, 0.1) is 12.0 Å². The quantitative estimate of drug-likeness (QED) is 0.826. The molecule has 0 saturated heterocycles. The van der Waals surface area contributed by atoms with E-state index in [0.717, 1.165) is 0 Å². The Hall–Kier alpha value is -1.93. The minimum absolute atomic E-state index is 0.664. The third kappa shape index (κ3) is 3.05. The van der Waals surface area contributed by atoms with E-state index in [1.54, 1.807) is 0 Å². The fourth-order valence-electron chi connectivity index (χ4n) is 1.40. The maximum atomic E-state index is 12.6. The van der Waals surface area contributed by atoms with Gasteiger partial charge in [-0.25, -0.2) is 13.8 Å². The minimum Gasteiger partial charge on any atom is -0.481 e. The zero-order chi connectivity index (χ0) is 14.1. The van der Waals surface area contributed by atoms with Gasteiger partial charge in [-0.15, -0.1) is 0 Å². The molecule has 0 aliphatic carbocycles. The molecule has 0 atom stereocenters. The van der Waals surface area contributed by atoms with Gasteiger partial charge in [0.25, 0.3) is 6.43 Å². The van der Waals surface area contributed by atoms with Crippen LogP contribution in [0.4, 0.5) is 27.8 Å². The number of anilines is 1.